The first-order chi connectivity index (χ1) is 5.75. The Morgan fingerprint density at radius 2 is 1.83 bits per heavy atom. The smallest absolute Gasteiger partial charge is 0.162 e. The van der Waals surface area contributed by atoms with E-state index in [1.165, 1.54) is 0 Å². The summed E-state index contributed by atoms with van der Waals surface area (Å²) in [7, 11) is 3.88. The van der Waals surface area contributed by atoms with Crippen molar-refractivity contribution in [2.45, 2.75) is 6.17 Å². The minimum absolute atomic E-state index is 0.122. The van der Waals surface area contributed by atoms with Crippen LogP contribution in [0, 0.1) is 0 Å². The zero-order valence-electron chi connectivity index (χ0n) is 7.02. The van der Waals surface area contributed by atoms with Gasteiger partial charge < -0.3 is 9.80 Å². The van der Waals surface area contributed by atoms with Crippen LogP contribution < -0.4 is 9.80 Å². The van der Waals surface area contributed by atoms with E-state index in [2.05, 4.69) is 10.8 Å². The quantitative estimate of drug-likeness (QED) is 0.609. The van der Waals surface area contributed by atoms with Gasteiger partial charge in [-0.2, -0.15) is 0 Å². The molecule has 0 amide bonds. The van der Waals surface area contributed by atoms with Gasteiger partial charge in [-0.1, -0.05) is 0 Å². The van der Waals surface area contributed by atoms with Crippen LogP contribution >= 0.6 is 11.3 Å². The van der Waals surface area contributed by atoms with Crippen molar-refractivity contribution in [2.75, 3.05) is 23.9 Å². The van der Waals surface area contributed by atoms with Crippen LogP contribution in [0.2, 0.25) is 0 Å². The maximum atomic E-state index is 10.7. The Morgan fingerprint density at radius 1 is 1.33 bits per heavy atom. The largest absolute Gasteiger partial charge is 0.346 e. The standard InChI is InChI=1S/C8H10N2OS/c1-9-6-4-12-5-7(6)10(2)8(9)3-11/h3-5,8H,1-2H3. The molecule has 0 unspecified atom stereocenters. The topological polar surface area (TPSA) is 23.6 Å². The first-order valence-electron chi connectivity index (χ1n) is 3.73. The fourth-order valence-electron chi connectivity index (χ4n) is 1.54. The molecule has 1 aliphatic heterocycles. The first kappa shape index (κ1) is 7.61. The molecular weight excluding hydrogens is 172 g/mol. The van der Waals surface area contributed by atoms with Crippen molar-refractivity contribution in [3.8, 4) is 0 Å². The van der Waals surface area contributed by atoms with E-state index in [0.29, 0.717) is 0 Å². The van der Waals surface area contributed by atoms with Crippen LogP contribution in [0.5, 0.6) is 0 Å². The lowest BCUT2D eigenvalue weighted by atomic mass is 10.4. The van der Waals surface area contributed by atoms with Crippen molar-refractivity contribution in [1.29, 1.82) is 0 Å². The normalized spacial score (nSPS) is 16.8. The predicted octanol–water partition coefficient (Wildman–Crippen LogP) is 1.16. The molecule has 1 aromatic heterocycles. The molecule has 0 saturated carbocycles. The van der Waals surface area contributed by atoms with Gasteiger partial charge in [0.2, 0.25) is 0 Å². The van der Waals surface area contributed by atoms with Gasteiger partial charge >= 0.3 is 0 Å². The Hall–Kier alpha value is -1.03. The van der Waals surface area contributed by atoms with Gasteiger partial charge in [0.15, 0.2) is 12.5 Å². The Balaban J connectivity index is 2.45. The van der Waals surface area contributed by atoms with Crippen LogP contribution in [0.15, 0.2) is 10.8 Å². The lowest BCUT2D eigenvalue weighted by Crippen LogP contribution is -2.40. The predicted molar refractivity (Wildman–Crippen MR) is 51.0 cm³/mol. The highest BCUT2D eigenvalue weighted by Gasteiger charge is 2.30. The highest BCUT2D eigenvalue weighted by atomic mass is 32.1. The third kappa shape index (κ3) is 0.783. The summed E-state index contributed by atoms with van der Waals surface area (Å²) in [4.78, 5) is 14.7. The molecule has 1 aromatic rings. The molecule has 0 aromatic carbocycles. The second kappa shape index (κ2) is 2.48. The van der Waals surface area contributed by atoms with E-state index < -0.39 is 0 Å². The number of hydrogen-bond acceptors (Lipinski definition) is 4. The molecule has 0 aliphatic carbocycles. The van der Waals surface area contributed by atoms with E-state index in [4.69, 9.17) is 0 Å². The number of hydrogen-bond donors (Lipinski definition) is 0. The lowest BCUT2D eigenvalue weighted by Gasteiger charge is -2.22. The molecule has 0 N–H and O–H groups in total. The van der Waals surface area contributed by atoms with Crippen LogP contribution in [-0.2, 0) is 4.79 Å². The number of nitrogens with zero attached hydrogens (tertiary/aromatic N) is 2. The number of likely N-dealkylation sites (N-methyl/N-ethyl adjacent to an activating group) is 2. The second-order valence-electron chi connectivity index (χ2n) is 2.91. The Kier molecular flexibility index (Phi) is 1.58. The average molecular weight is 182 g/mol. The number of carbonyl (C=O) groups is 1. The second-order valence-corrected chi connectivity index (χ2v) is 3.66. The number of rotatable bonds is 1. The van der Waals surface area contributed by atoms with Crippen molar-refractivity contribution >= 4 is 29.0 Å². The summed E-state index contributed by atoms with van der Waals surface area (Å²) in [5.74, 6) is 0. The minimum atomic E-state index is -0.122. The van der Waals surface area contributed by atoms with Crippen LogP contribution in [0.4, 0.5) is 11.4 Å². The molecule has 2 heterocycles. The van der Waals surface area contributed by atoms with Crippen molar-refractivity contribution in [1.82, 2.24) is 0 Å². The fraction of sp³-hybridized carbons (Fsp3) is 0.375. The minimum Gasteiger partial charge on any atom is -0.346 e. The molecular formula is C8H10N2OS. The van der Waals surface area contributed by atoms with Gasteiger partial charge in [0, 0.05) is 24.9 Å². The SMILES string of the molecule is CN1c2cscc2N(C)C1C=O. The van der Waals surface area contributed by atoms with E-state index in [9.17, 15) is 4.79 Å². The van der Waals surface area contributed by atoms with Crippen LogP contribution in [0.25, 0.3) is 0 Å². The Labute approximate surface area is 75.2 Å². The fourth-order valence-corrected chi connectivity index (χ4v) is 2.44. The molecule has 2 rings (SSSR count). The molecule has 0 radical (unpaired) electrons. The monoisotopic (exact) mass is 182 g/mol. The Morgan fingerprint density at radius 3 is 2.25 bits per heavy atom. The van der Waals surface area contributed by atoms with E-state index in [1.54, 1.807) is 11.3 Å². The van der Waals surface area contributed by atoms with Gasteiger partial charge in [0.25, 0.3) is 0 Å². The molecule has 0 bridgehead atoms. The zero-order chi connectivity index (χ0) is 8.72. The van der Waals surface area contributed by atoms with Gasteiger partial charge in [-0.05, 0) is 0 Å². The number of carbonyl (C=O) groups excluding carboxylic acids is 1. The van der Waals surface area contributed by atoms with E-state index in [1.807, 2.05) is 23.9 Å². The van der Waals surface area contributed by atoms with Gasteiger partial charge in [-0.15, -0.1) is 11.3 Å². The molecule has 0 spiro atoms. The highest BCUT2D eigenvalue weighted by molar-refractivity contribution is 7.09. The number of thiophene rings is 1. The maximum Gasteiger partial charge on any atom is 0.162 e. The number of aldehydes is 1. The van der Waals surface area contributed by atoms with Crippen LogP contribution in [0.1, 0.15) is 0 Å². The molecule has 12 heavy (non-hydrogen) atoms. The molecule has 0 saturated heterocycles. The summed E-state index contributed by atoms with van der Waals surface area (Å²) in [6, 6.07) is 0. The number of anilines is 2. The third-order valence-corrected chi connectivity index (χ3v) is 3.02. The van der Waals surface area contributed by atoms with Crippen LogP contribution in [-0.4, -0.2) is 26.5 Å². The summed E-state index contributed by atoms with van der Waals surface area (Å²) >= 11 is 1.66. The summed E-state index contributed by atoms with van der Waals surface area (Å²) in [6.45, 7) is 0. The Bertz CT molecular complexity index is 285. The first-order valence-corrected chi connectivity index (χ1v) is 4.67. The summed E-state index contributed by atoms with van der Waals surface area (Å²) < 4.78 is 0. The van der Waals surface area contributed by atoms with Gasteiger partial charge in [-0.3, -0.25) is 4.79 Å². The summed E-state index contributed by atoms with van der Waals surface area (Å²) in [6.07, 6.45) is 0.841. The van der Waals surface area contributed by atoms with E-state index in [-0.39, 0.29) is 6.17 Å². The van der Waals surface area contributed by atoms with Crippen LogP contribution in [0.3, 0.4) is 0 Å². The third-order valence-electron chi connectivity index (χ3n) is 2.30. The molecule has 3 nitrogen and oxygen atoms in total. The van der Waals surface area contributed by atoms with Gasteiger partial charge in [0.05, 0.1) is 11.4 Å². The summed E-state index contributed by atoms with van der Waals surface area (Å²) in [5, 5.41) is 4.13. The molecule has 1 aliphatic rings. The van der Waals surface area contributed by atoms with Crippen molar-refractivity contribution < 1.29 is 4.79 Å². The highest BCUT2D eigenvalue weighted by Crippen LogP contribution is 2.39. The molecule has 4 heteroatoms. The lowest BCUT2D eigenvalue weighted by molar-refractivity contribution is -0.108. The van der Waals surface area contributed by atoms with Crippen molar-refractivity contribution in [2.24, 2.45) is 0 Å². The van der Waals surface area contributed by atoms with E-state index >= 15 is 0 Å². The zero-order valence-corrected chi connectivity index (χ0v) is 7.84. The number of fused-ring (bicyclic) bond motifs is 1. The average Bonchev–Trinajstić information content (AvgIpc) is 2.58. The van der Waals surface area contributed by atoms with Crippen molar-refractivity contribution in [3.63, 3.8) is 0 Å². The molecule has 0 atom stereocenters. The van der Waals surface area contributed by atoms with Crippen molar-refractivity contribution in [3.05, 3.63) is 10.8 Å². The van der Waals surface area contributed by atoms with Gasteiger partial charge in [-0.25, -0.2) is 0 Å². The molecule has 64 valence electrons. The maximum absolute atomic E-state index is 10.7. The van der Waals surface area contributed by atoms with E-state index in [0.717, 1.165) is 17.7 Å². The van der Waals surface area contributed by atoms with Gasteiger partial charge in [0.1, 0.15) is 0 Å². The summed E-state index contributed by atoms with van der Waals surface area (Å²) in [5.41, 5.74) is 2.30. The molecule has 0 fully saturated rings.